The second-order valence-electron chi connectivity index (χ2n) is 5.33. The Morgan fingerprint density at radius 1 is 1.50 bits per heavy atom. The Hall–Kier alpha value is -1.76. The lowest BCUT2D eigenvalue weighted by Gasteiger charge is -2.36. The topological polar surface area (TPSA) is 68.7 Å². The summed E-state index contributed by atoms with van der Waals surface area (Å²) in [6.07, 6.45) is 3.68. The molecule has 1 unspecified atom stereocenters. The van der Waals surface area contributed by atoms with E-state index >= 15 is 0 Å². The van der Waals surface area contributed by atoms with E-state index in [9.17, 15) is 4.79 Å². The van der Waals surface area contributed by atoms with Crippen LogP contribution in [-0.2, 0) is 0 Å². The molecule has 0 aromatic carbocycles. The van der Waals surface area contributed by atoms with E-state index in [-0.39, 0.29) is 11.9 Å². The molecule has 1 fully saturated rings. The zero-order chi connectivity index (χ0) is 13.1. The van der Waals surface area contributed by atoms with Gasteiger partial charge < -0.3 is 10.3 Å². The Balaban J connectivity index is 2.02. The summed E-state index contributed by atoms with van der Waals surface area (Å²) in [6, 6.07) is 5.51. The molecule has 1 aliphatic carbocycles. The van der Waals surface area contributed by atoms with Crippen molar-refractivity contribution in [3.63, 3.8) is 0 Å². The quantitative estimate of drug-likeness (QED) is 0.855. The zero-order valence-electron chi connectivity index (χ0n) is 10.9. The lowest BCUT2D eigenvalue weighted by molar-refractivity contribution is 0.0867. The first kappa shape index (κ1) is 12.7. The van der Waals surface area contributed by atoms with Crippen LogP contribution in [0.3, 0.4) is 0 Å². The standard InChI is InChI=1S/C14H19N3O/c1-9(2)13(10-4-3-5-10)17-14(18)12-7-6-11(8-15)16-12/h6-7,9-10,13,16H,3-5H2,1-2H3,(H,17,18). The number of carbonyl (C=O) groups is 1. The highest BCUT2D eigenvalue weighted by atomic mass is 16.1. The Bertz CT molecular complexity index is 466. The number of aromatic nitrogens is 1. The Morgan fingerprint density at radius 3 is 2.67 bits per heavy atom. The third-order valence-corrected chi connectivity index (χ3v) is 3.72. The number of nitriles is 1. The first-order valence-electron chi connectivity index (χ1n) is 6.51. The fraction of sp³-hybridized carbons (Fsp3) is 0.571. The van der Waals surface area contributed by atoms with Crippen molar-refractivity contribution in [2.24, 2.45) is 11.8 Å². The predicted molar refractivity (Wildman–Crippen MR) is 68.9 cm³/mol. The summed E-state index contributed by atoms with van der Waals surface area (Å²) in [6.45, 7) is 4.28. The van der Waals surface area contributed by atoms with E-state index in [1.54, 1.807) is 12.1 Å². The van der Waals surface area contributed by atoms with Gasteiger partial charge in [-0.3, -0.25) is 4.79 Å². The number of hydrogen-bond acceptors (Lipinski definition) is 2. The SMILES string of the molecule is CC(C)C(NC(=O)c1ccc(C#N)[nH]1)C1CCC1. The van der Waals surface area contributed by atoms with Gasteiger partial charge in [-0.15, -0.1) is 0 Å². The van der Waals surface area contributed by atoms with Gasteiger partial charge in [-0.1, -0.05) is 20.3 Å². The van der Waals surface area contributed by atoms with Crippen molar-refractivity contribution in [3.8, 4) is 6.07 Å². The molecule has 0 spiro atoms. The Morgan fingerprint density at radius 2 is 2.22 bits per heavy atom. The molecule has 2 N–H and O–H groups in total. The van der Waals surface area contributed by atoms with Crippen molar-refractivity contribution in [2.45, 2.75) is 39.2 Å². The lowest BCUT2D eigenvalue weighted by atomic mass is 9.76. The highest BCUT2D eigenvalue weighted by Gasteiger charge is 2.30. The maximum atomic E-state index is 12.1. The number of carbonyl (C=O) groups excluding carboxylic acids is 1. The van der Waals surface area contributed by atoms with Crippen LogP contribution in [0.25, 0.3) is 0 Å². The number of nitrogens with zero attached hydrogens (tertiary/aromatic N) is 1. The van der Waals surface area contributed by atoms with Crippen molar-refractivity contribution >= 4 is 5.91 Å². The van der Waals surface area contributed by atoms with Gasteiger partial charge in [0.1, 0.15) is 17.5 Å². The van der Waals surface area contributed by atoms with Crippen LogP contribution in [0.5, 0.6) is 0 Å². The average molecular weight is 245 g/mol. The molecule has 1 aromatic heterocycles. The first-order chi connectivity index (χ1) is 8.61. The molecule has 1 amide bonds. The van der Waals surface area contributed by atoms with Crippen molar-refractivity contribution in [3.05, 3.63) is 23.5 Å². The molecule has 18 heavy (non-hydrogen) atoms. The number of nitrogens with one attached hydrogen (secondary N) is 2. The number of H-pyrrole nitrogens is 1. The normalized spacial score (nSPS) is 17.0. The van der Waals surface area contributed by atoms with Crippen LogP contribution < -0.4 is 5.32 Å². The molecule has 1 aromatic rings. The molecular formula is C14H19N3O. The minimum atomic E-state index is -0.109. The molecule has 1 heterocycles. The van der Waals surface area contributed by atoms with Crippen LogP contribution in [0, 0.1) is 23.2 Å². The van der Waals surface area contributed by atoms with E-state index in [1.165, 1.54) is 19.3 Å². The monoisotopic (exact) mass is 245 g/mol. The van der Waals surface area contributed by atoms with E-state index in [1.807, 2.05) is 6.07 Å². The van der Waals surface area contributed by atoms with E-state index in [0.29, 0.717) is 23.2 Å². The van der Waals surface area contributed by atoms with Gasteiger partial charge in [-0.05, 0) is 36.8 Å². The van der Waals surface area contributed by atoms with Gasteiger partial charge in [-0.2, -0.15) is 5.26 Å². The molecule has 1 atom stereocenters. The number of rotatable bonds is 4. The van der Waals surface area contributed by atoms with Gasteiger partial charge in [0.15, 0.2) is 0 Å². The van der Waals surface area contributed by atoms with Crippen LogP contribution >= 0.6 is 0 Å². The summed E-state index contributed by atoms with van der Waals surface area (Å²) < 4.78 is 0. The average Bonchev–Trinajstić information content (AvgIpc) is 2.73. The van der Waals surface area contributed by atoms with E-state index in [0.717, 1.165) is 0 Å². The van der Waals surface area contributed by atoms with Crippen molar-refractivity contribution in [1.82, 2.24) is 10.3 Å². The summed E-state index contributed by atoms with van der Waals surface area (Å²) in [5.41, 5.74) is 0.890. The largest absolute Gasteiger partial charge is 0.348 e. The molecule has 2 rings (SSSR count). The van der Waals surface area contributed by atoms with Gasteiger partial charge >= 0.3 is 0 Å². The molecule has 4 nitrogen and oxygen atoms in total. The molecule has 1 saturated carbocycles. The summed E-state index contributed by atoms with van der Waals surface area (Å²) >= 11 is 0. The van der Waals surface area contributed by atoms with Gasteiger partial charge in [0.2, 0.25) is 0 Å². The highest BCUT2D eigenvalue weighted by Crippen LogP contribution is 2.32. The zero-order valence-corrected chi connectivity index (χ0v) is 10.9. The van der Waals surface area contributed by atoms with Crippen molar-refractivity contribution < 1.29 is 4.79 Å². The predicted octanol–water partition coefficient (Wildman–Crippen LogP) is 2.44. The third kappa shape index (κ3) is 2.56. The number of amides is 1. The summed E-state index contributed by atoms with van der Waals surface area (Å²) in [7, 11) is 0. The van der Waals surface area contributed by atoms with Crippen LogP contribution in [0.4, 0.5) is 0 Å². The second-order valence-corrected chi connectivity index (χ2v) is 5.33. The van der Waals surface area contributed by atoms with Gasteiger partial charge in [0.25, 0.3) is 5.91 Å². The minimum Gasteiger partial charge on any atom is -0.348 e. The summed E-state index contributed by atoms with van der Waals surface area (Å²) in [4.78, 5) is 14.9. The Labute approximate surface area is 107 Å². The highest BCUT2D eigenvalue weighted by molar-refractivity contribution is 5.92. The van der Waals surface area contributed by atoms with Gasteiger partial charge in [0.05, 0.1) is 0 Å². The maximum Gasteiger partial charge on any atom is 0.267 e. The minimum absolute atomic E-state index is 0.109. The van der Waals surface area contributed by atoms with E-state index in [2.05, 4.69) is 24.1 Å². The Kier molecular flexibility index (Phi) is 3.71. The molecule has 0 aliphatic heterocycles. The molecule has 4 heteroatoms. The maximum absolute atomic E-state index is 12.1. The van der Waals surface area contributed by atoms with Crippen LogP contribution in [0.15, 0.2) is 12.1 Å². The van der Waals surface area contributed by atoms with Crippen molar-refractivity contribution in [2.75, 3.05) is 0 Å². The smallest absolute Gasteiger partial charge is 0.267 e. The summed E-state index contributed by atoms with van der Waals surface area (Å²) in [5, 5.41) is 11.8. The molecule has 0 bridgehead atoms. The van der Waals surface area contributed by atoms with Gasteiger partial charge in [-0.25, -0.2) is 0 Å². The molecule has 1 aliphatic rings. The molecular weight excluding hydrogens is 226 g/mol. The fourth-order valence-electron chi connectivity index (χ4n) is 2.45. The second kappa shape index (κ2) is 5.26. The van der Waals surface area contributed by atoms with E-state index in [4.69, 9.17) is 5.26 Å². The molecule has 0 saturated heterocycles. The van der Waals surface area contributed by atoms with Crippen LogP contribution in [-0.4, -0.2) is 16.9 Å². The fourth-order valence-corrected chi connectivity index (χ4v) is 2.45. The third-order valence-electron chi connectivity index (χ3n) is 3.72. The van der Waals surface area contributed by atoms with Gasteiger partial charge in [0, 0.05) is 6.04 Å². The first-order valence-corrected chi connectivity index (χ1v) is 6.51. The lowest BCUT2D eigenvalue weighted by Crippen LogP contribution is -2.46. The summed E-state index contributed by atoms with van der Waals surface area (Å²) in [5.74, 6) is 0.936. The van der Waals surface area contributed by atoms with Crippen LogP contribution in [0.1, 0.15) is 49.3 Å². The van der Waals surface area contributed by atoms with Crippen LogP contribution in [0.2, 0.25) is 0 Å². The number of aromatic amines is 1. The van der Waals surface area contributed by atoms with Crippen molar-refractivity contribution in [1.29, 1.82) is 5.26 Å². The number of hydrogen-bond donors (Lipinski definition) is 2. The van der Waals surface area contributed by atoms with E-state index < -0.39 is 0 Å². The molecule has 0 radical (unpaired) electrons. The molecule has 96 valence electrons.